The van der Waals surface area contributed by atoms with Gasteiger partial charge in [0.2, 0.25) is 0 Å². The third-order valence-corrected chi connectivity index (χ3v) is 7.72. The number of rotatable bonds is 27. The molecule has 2 unspecified atom stereocenters. The van der Waals surface area contributed by atoms with Gasteiger partial charge in [0.15, 0.2) is 0 Å². The number of aliphatic hydroxyl groups is 1. The first kappa shape index (κ1) is 34.4. The second-order valence-electron chi connectivity index (χ2n) is 11.2. The Morgan fingerprint density at radius 2 is 0.886 bits per heavy atom. The van der Waals surface area contributed by atoms with Gasteiger partial charge in [-0.15, -0.1) is 0 Å². The molecule has 0 aromatic heterocycles. The zero-order valence-electron chi connectivity index (χ0n) is 24.8. The predicted molar refractivity (Wildman–Crippen MR) is 160 cm³/mol. The maximum atomic E-state index is 11.3. The van der Waals surface area contributed by atoms with Crippen LogP contribution in [0.4, 0.5) is 0 Å². The van der Waals surface area contributed by atoms with Crippen molar-refractivity contribution in [1.82, 2.24) is 0 Å². The van der Waals surface area contributed by atoms with Crippen LogP contribution in [0.2, 0.25) is 0 Å². The topological polar surface area (TPSA) is 20.2 Å². The predicted octanol–water partition coefficient (Wildman–Crippen LogP) is 11.7. The molecule has 0 aliphatic rings. The Labute approximate surface area is 222 Å². The van der Waals surface area contributed by atoms with Gasteiger partial charge in [-0.2, -0.15) is 0 Å². The lowest BCUT2D eigenvalue weighted by Gasteiger charge is -2.27. The van der Waals surface area contributed by atoms with Crippen molar-refractivity contribution in [2.24, 2.45) is 11.8 Å². The minimum absolute atomic E-state index is 0.106. The highest BCUT2D eigenvalue weighted by atomic mass is 16.3. The highest BCUT2D eigenvalue weighted by Crippen LogP contribution is 2.29. The first-order valence-electron chi connectivity index (χ1n) is 16.2. The molecule has 0 aromatic carbocycles. The molecular formula is C34H66O. The van der Waals surface area contributed by atoms with E-state index in [0.29, 0.717) is 5.92 Å². The van der Waals surface area contributed by atoms with Crippen LogP contribution in [0.1, 0.15) is 175 Å². The number of hydrogen-bond donors (Lipinski definition) is 1. The molecule has 0 bridgehead atoms. The standard InChI is InChI=1S/C34H66O/c1-5-9-13-16-18-20-22-25-29-33(30-26-23-21-19-17-14-10-6-2)34(35)31-32(27-12-8-4)28-24-15-11-7-3/h18-21,32-35H,5-17,22-31H2,1-4H3. The molecule has 0 aliphatic carbocycles. The molecule has 0 spiro atoms. The molecule has 0 amide bonds. The van der Waals surface area contributed by atoms with Crippen LogP contribution in [0.15, 0.2) is 24.3 Å². The van der Waals surface area contributed by atoms with Crippen LogP contribution in [0.25, 0.3) is 0 Å². The highest BCUT2D eigenvalue weighted by Gasteiger charge is 2.22. The Morgan fingerprint density at radius 1 is 0.457 bits per heavy atom. The van der Waals surface area contributed by atoms with Crippen LogP contribution in [0, 0.1) is 11.8 Å². The van der Waals surface area contributed by atoms with Gasteiger partial charge in [0, 0.05) is 0 Å². The summed E-state index contributed by atoms with van der Waals surface area (Å²) >= 11 is 0. The first-order valence-corrected chi connectivity index (χ1v) is 16.2. The lowest BCUT2D eigenvalue weighted by molar-refractivity contribution is 0.0668. The summed E-state index contributed by atoms with van der Waals surface area (Å²) in [7, 11) is 0. The quantitative estimate of drug-likeness (QED) is 0.0896. The fourth-order valence-electron chi connectivity index (χ4n) is 5.29. The maximum Gasteiger partial charge on any atom is 0.0571 e. The second kappa shape index (κ2) is 28.0. The first-order chi connectivity index (χ1) is 17.2. The Balaban J connectivity index is 4.66. The molecule has 0 saturated heterocycles. The number of aliphatic hydroxyl groups excluding tert-OH is 1. The fraction of sp³-hybridized carbons (Fsp3) is 0.882. The summed E-state index contributed by atoms with van der Waals surface area (Å²) < 4.78 is 0. The third kappa shape index (κ3) is 23.6. The van der Waals surface area contributed by atoms with E-state index in [0.717, 1.165) is 12.3 Å². The highest BCUT2D eigenvalue weighted by molar-refractivity contribution is 4.84. The van der Waals surface area contributed by atoms with Crippen molar-refractivity contribution >= 4 is 0 Å². The molecule has 0 aliphatic heterocycles. The second-order valence-corrected chi connectivity index (χ2v) is 11.2. The van der Waals surface area contributed by atoms with Gasteiger partial charge in [0.1, 0.15) is 0 Å². The number of hydrogen-bond acceptors (Lipinski definition) is 1. The molecule has 0 aromatic rings. The molecule has 0 radical (unpaired) electrons. The van der Waals surface area contributed by atoms with Gasteiger partial charge in [-0.3, -0.25) is 0 Å². The van der Waals surface area contributed by atoms with Crippen molar-refractivity contribution in [3.63, 3.8) is 0 Å². The lowest BCUT2D eigenvalue weighted by Crippen LogP contribution is -2.24. The van der Waals surface area contributed by atoms with E-state index in [1.807, 2.05) is 0 Å². The molecule has 0 saturated carbocycles. The normalized spacial score (nSPS) is 14.8. The van der Waals surface area contributed by atoms with E-state index in [4.69, 9.17) is 0 Å². The van der Waals surface area contributed by atoms with Crippen molar-refractivity contribution in [1.29, 1.82) is 0 Å². The van der Waals surface area contributed by atoms with Gasteiger partial charge in [-0.1, -0.05) is 129 Å². The smallest absolute Gasteiger partial charge is 0.0571 e. The summed E-state index contributed by atoms with van der Waals surface area (Å²) in [4.78, 5) is 0. The minimum atomic E-state index is -0.106. The fourth-order valence-corrected chi connectivity index (χ4v) is 5.29. The van der Waals surface area contributed by atoms with Crippen LogP contribution < -0.4 is 0 Å². The van der Waals surface area contributed by atoms with E-state index in [2.05, 4.69) is 52.0 Å². The van der Waals surface area contributed by atoms with Crippen LogP contribution >= 0.6 is 0 Å². The molecule has 208 valence electrons. The van der Waals surface area contributed by atoms with E-state index in [9.17, 15) is 5.11 Å². The minimum Gasteiger partial charge on any atom is -0.393 e. The molecule has 0 heterocycles. The van der Waals surface area contributed by atoms with Crippen molar-refractivity contribution in [2.45, 2.75) is 181 Å². The SMILES string of the molecule is CCCCCC=CCCCC(CCCC=CCCCCC)C(O)CC(CCCC)CCCCCC. The Bertz CT molecular complexity index is 426. The van der Waals surface area contributed by atoms with Crippen molar-refractivity contribution in [3.8, 4) is 0 Å². The van der Waals surface area contributed by atoms with Crippen LogP contribution in [0.5, 0.6) is 0 Å². The summed E-state index contributed by atoms with van der Waals surface area (Å²) in [5.74, 6) is 1.21. The molecule has 1 N–H and O–H groups in total. The molecule has 1 heteroatoms. The van der Waals surface area contributed by atoms with Gasteiger partial charge in [0.25, 0.3) is 0 Å². The van der Waals surface area contributed by atoms with E-state index < -0.39 is 0 Å². The average molecular weight is 491 g/mol. The van der Waals surface area contributed by atoms with Crippen LogP contribution in [-0.4, -0.2) is 11.2 Å². The summed E-state index contributed by atoms with van der Waals surface area (Å²) in [6.45, 7) is 9.15. The van der Waals surface area contributed by atoms with Crippen molar-refractivity contribution in [3.05, 3.63) is 24.3 Å². The van der Waals surface area contributed by atoms with Gasteiger partial charge in [0.05, 0.1) is 6.10 Å². The Hall–Kier alpha value is -0.560. The molecule has 0 fully saturated rings. The summed E-state index contributed by atoms with van der Waals surface area (Å²) in [6, 6.07) is 0. The van der Waals surface area contributed by atoms with Crippen LogP contribution in [-0.2, 0) is 0 Å². The van der Waals surface area contributed by atoms with Crippen molar-refractivity contribution < 1.29 is 5.11 Å². The summed E-state index contributed by atoms with van der Waals surface area (Å²) in [6.07, 6.45) is 38.8. The summed E-state index contributed by atoms with van der Waals surface area (Å²) in [5, 5.41) is 11.3. The lowest BCUT2D eigenvalue weighted by atomic mass is 9.82. The van der Waals surface area contributed by atoms with Gasteiger partial charge >= 0.3 is 0 Å². The molecule has 2 atom stereocenters. The van der Waals surface area contributed by atoms with Gasteiger partial charge in [-0.05, 0) is 82.5 Å². The van der Waals surface area contributed by atoms with E-state index in [-0.39, 0.29) is 6.10 Å². The maximum absolute atomic E-state index is 11.3. The average Bonchev–Trinajstić information content (AvgIpc) is 2.86. The molecule has 1 nitrogen and oxygen atoms in total. The molecule has 35 heavy (non-hydrogen) atoms. The number of unbranched alkanes of at least 4 members (excludes halogenated alkanes) is 12. The zero-order valence-corrected chi connectivity index (χ0v) is 24.8. The van der Waals surface area contributed by atoms with Gasteiger partial charge in [-0.25, -0.2) is 0 Å². The van der Waals surface area contributed by atoms with Gasteiger partial charge < -0.3 is 5.11 Å². The van der Waals surface area contributed by atoms with E-state index in [1.165, 1.54) is 141 Å². The van der Waals surface area contributed by atoms with Crippen LogP contribution in [0.3, 0.4) is 0 Å². The van der Waals surface area contributed by atoms with E-state index >= 15 is 0 Å². The van der Waals surface area contributed by atoms with Crippen molar-refractivity contribution in [2.75, 3.05) is 0 Å². The molecular weight excluding hydrogens is 424 g/mol. The van der Waals surface area contributed by atoms with E-state index in [1.54, 1.807) is 0 Å². The largest absolute Gasteiger partial charge is 0.393 e. The zero-order chi connectivity index (χ0) is 25.8. The molecule has 0 rings (SSSR count). The monoisotopic (exact) mass is 491 g/mol. The third-order valence-electron chi connectivity index (χ3n) is 7.72. The number of allylic oxidation sites excluding steroid dienone is 4. The summed E-state index contributed by atoms with van der Waals surface area (Å²) in [5.41, 5.74) is 0. The Morgan fingerprint density at radius 3 is 1.37 bits per heavy atom. The Kier molecular flexibility index (Phi) is 27.6.